The van der Waals surface area contributed by atoms with E-state index in [1.54, 1.807) is 0 Å². The van der Waals surface area contributed by atoms with Crippen LogP contribution in [-0.2, 0) is 22.9 Å². The van der Waals surface area contributed by atoms with Crippen LogP contribution in [0.1, 0.15) is 37.1 Å². The minimum atomic E-state index is -2.90. The fraction of sp³-hybridized carbons (Fsp3) is 0.533. The van der Waals surface area contributed by atoms with Gasteiger partial charge < -0.3 is 10.3 Å². The van der Waals surface area contributed by atoms with Gasteiger partial charge in [-0.1, -0.05) is 13.0 Å². The molecule has 21 heavy (non-hydrogen) atoms. The van der Waals surface area contributed by atoms with E-state index >= 15 is 0 Å². The first-order chi connectivity index (χ1) is 10.0. The van der Waals surface area contributed by atoms with Gasteiger partial charge in [0, 0.05) is 19.0 Å². The zero-order chi connectivity index (χ0) is 15.0. The summed E-state index contributed by atoms with van der Waals surface area (Å²) in [7, 11) is -2.90. The topological polar surface area (TPSA) is 78.0 Å². The van der Waals surface area contributed by atoms with Gasteiger partial charge in [-0.3, -0.25) is 0 Å². The standard InChI is InChI=1S/C15H21N3O2S/c1-2-6-18-14-4-3-11(9-16)8-13(14)17-15(18)12-5-7-21(19,20)10-12/h3-4,8,12H,2,5-7,9-10,16H2,1H3. The van der Waals surface area contributed by atoms with Gasteiger partial charge in [0.15, 0.2) is 9.84 Å². The van der Waals surface area contributed by atoms with Crippen LogP contribution in [0.2, 0.25) is 0 Å². The predicted molar refractivity (Wildman–Crippen MR) is 83.9 cm³/mol. The molecule has 2 heterocycles. The Morgan fingerprint density at radius 1 is 1.43 bits per heavy atom. The van der Waals surface area contributed by atoms with Crippen LogP contribution in [0.3, 0.4) is 0 Å². The molecule has 1 aliphatic heterocycles. The fourth-order valence-electron chi connectivity index (χ4n) is 3.09. The van der Waals surface area contributed by atoms with Crippen molar-refractivity contribution in [1.29, 1.82) is 0 Å². The predicted octanol–water partition coefficient (Wildman–Crippen LogP) is 1.81. The summed E-state index contributed by atoms with van der Waals surface area (Å²) < 4.78 is 25.7. The number of imidazole rings is 1. The van der Waals surface area contributed by atoms with E-state index in [1.807, 2.05) is 18.2 Å². The number of rotatable bonds is 4. The molecule has 1 aromatic carbocycles. The van der Waals surface area contributed by atoms with Crippen LogP contribution in [0.4, 0.5) is 0 Å². The molecule has 5 nitrogen and oxygen atoms in total. The molecule has 0 aliphatic carbocycles. The number of benzene rings is 1. The minimum Gasteiger partial charge on any atom is -0.328 e. The molecule has 1 aromatic heterocycles. The van der Waals surface area contributed by atoms with E-state index in [9.17, 15) is 8.42 Å². The monoisotopic (exact) mass is 307 g/mol. The summed E-state index contributed by atoms with van der Waals surface area (Å²) in [5.41, 5.74) is 8.74. The summed E-state index contributed by atoms with van der Waals surface area (Å²) in [4.78, 5) is 4.73. The zero-order valence-corrected chi connectivity index (χ0v) is 13.1. The third-order valence-electron chi connectivity index (χ3n) is 4.12. The molecular weight excluding hydrogens is 286 g/mol. The van der Waals surface area contributed by atoms with Gasteiger partial charge >= 0.3 is 0 Å². The van der Waals surface area contributed by atoms with Gasteiger partial charge in [0.2, 0.25) is 0 Å². The lowest BCUT2D eigenvalue weighted by Gasteiger charge is -2.11. The molecular formula is C15H21N3O2S. The lowest BCUT2D eigenvalue weighted by atomic mass is 10.1. The number of nitrogens with zero attached hydrogens (tertiary/aromatic N) is 2. The third kappa shape index (κ3) is 2.70. The lowest BCUT2D eigenvalue weighted by molar-refractivity contribution is 0.594. The molecule has 0 saturated carbocycles. The van der Waals surface area contributed by atoms with Crippen LogP contribution in [0.15, 0.2) is 18.2 Å². The van der Waals surface area contributed by atoms with Crippen molar-refractivity contribution in [3.8, 4) is 0 Å². The molecule has 1 atom stereocenters. The van der Waals surface area contributed by atoms with E-state index in [-0.39, 0.29) is 17.4 Å². The fourth-order valence-corrected chi connectivity index (χ4v) is 4.83. The first-order valence-corrected chi connectivity index (χ1v) is 9.25. The van der Waals surface area contributed by atoms with E-state index in [4.69, 9.17) is 10.7 Å². The van der Waals surface area contributed by atoms with Crippen molar-refractivity contribution in [2.75, 3.05) is 11.5 Å². The second-order valence-electron chi connectivity index (χ2n) is 5.75. The van der Waals surface area contributed by atoms with Crippen molar-refractivity contribution in [2.45, 2.75) is 38.8 Å². The highest BCUT2D eigenvalue weighted by atomic mass is 32.2. The molecule has 0 radical (unpaired) electrons. The number of fused-ring (bicyclic) bond motifs is 1. The molecule has 6 heteroatoms. The summed E-state index contributed by atoms with van der Waals surface area (Å²) in [6, 6.07) is 6.08. The Bertz CT molecular complexity index is 765. The van der Waals surface area contributed by atoms with E-state index in [2.05, 4.69) is 11.5 Å². The molecule has 2 aromatic rings. The Hall–Kier alpha value is -1.40. The molecule has 2 N–H and O–H groups in total. The SMILES string of the molecule is CCCn1c(C2CCS(=O)(=O)C2)nc2cc(CN)ccc21. The van der Waals surface area contributed by atoms with E-state index in [0.29, 0.717) is 13.0 Å². The zero-order valence-electron chi connectivity index (χ0n) is 12.2. The van der Waals surface area contributed by atoms with Gasteiger partial charge in [-0.25, -0.2) is 13.4 Å². The number of aromatic nitrogens is 2. The van der Waals surface area contributed by atoms with Crippen LogP contribution in [0.5, 0.6) is 0 Å². The van der Waals surface area contributed by atoms with Crippen LogP contribution in [-0.4, -0.2) is 29.5 Å². The minimum absolute atomic E-state index is 0.0234. The first kappa shape index (κ1) is 14.5. The Morgan fingerprint density at radius 2 is 2.24 bits per heavy atom. The van der Waals surface area contributed by atoms with E-state index < -0.39 is 9.84 Å². The van der Waals surface area contributed by atoms with Gasteiger partial charge in [0.25, 0.3) is 0 Å². The van der Waals surface area contributed by atoms with Gasteiger partial charge in [-0.2, -0.15) is 0 Å². The normalized spacial score (nSPS) is 21.1. The maximum atomic E-state index is 11.7. The largest absolute Gasteiger partial charge is 0.328 e. The van der Waals surface area contributed by atoms with E-state index in [0.717, 1.165) is 35.4 Å². The van der Waals surface area contributed by atoms with Crippen LogP contribution >= 0.6 is 0 Å². The van der Waals surface area contributed by atoms with E-state index in [1.165, 1.54) is 0 Å². The van der Waals surface area contributed by atoms with Crippen molar-refractivity contribution in [3.05, 3.63) is 29.6 Å². The van der Waals surface area contributed by atoms with Gasteiger partial charge in [0.05, 0.1) is 22.5 Å². The highest BCUT2D eigenvalue weighted by Gasteiger charge is 2.32. The van der Waals surface area contributed by atoms with Crippen molar-refractivity contribution in [3.63, 3.8) is 0 Å². The van der Waals surface area contributed by atoms with Gasteiger partial charge in [-0.05, 0) is 30.5 Å². The summed E-state index contributed by atoms with van der Waals surface area (Å²) in [6.45, 7) is 3.48. The summed E-state index contributed by atoms with van der Waals surface area (Å²) in [6.07, 6.45) is 1.68. The molecule has 1 fully saturated rings. The van der Waals surface area contributed by atoms with Crippen LogP contribution in [0, 0.1) is 0 Å². The molecule has 0 amide bonds. The second kappa shape index (κ2) is 5.42. The average molecular weight is 307 g/mol. The van der Waals surface area contributed by atoms with Crippen molar-refractivity contribution < 1.29 is 8.42 Å². The number of hydrogen-bond donors (Lipinski definition) is 1. The Balaban J connectivity index is 2.10. The van der Waals surface area contributed by atoms with Gasteiger partial charge in [0.1, 0.15) is 5.82 Å². The average Bonchev–Trinajstić information content (AvgIpc) is 2.99. The molecule has 1 saturated heterocycles. The summed E-state index contributed by atoms with van der Waals surface area (Å²) >= 11 is 0. The van der Waals surface area contributed by atoms with Crippen molar-refractivity contribution in [1.82, 2.24) is 9.55 Å². The highest BCUT2D eigenvalue weighted by molar-refractivity contribution is 7.91. The van der Waals surface area contributed by atoms with Crippen LogP contribution < -0.4 is 5.73 Å². The maximum Gasteiger partial charge on any atom is 0.151 e. The number of nitrogens with two attached hydrogens (primary N) is 1. The Kier molecular flexibility index (Phi) is 3.75. The third-order valence-corrected chi connectivity index (χ3v) is 5.89. The van der Waals surface area contributed by atoms with Crippen molar-refractivity contribution >= 4 is 20.9 Å². The number of aryl methyl sites for hydroxylation is 1. The number of hydrogen-bond acceptors (Lipinski definition) is 4. The highest BCUT2D eigenvalue weighted by Crippen LogP contribution is 2.31. The summed E-state index contributed by atoms with van der Waals surface area (Å²) in [5.74, 6) is 1.45. The summed E-state index contributed by atoms with van der Waals surface area (Å²) in [5, 5.41) is 0. The molecule has 0 bridgehead atoms. The molecule has 3 rings (SSSR count). The van der Waals surface area contributed by atoms with Crippen LogP contribution in [0.25, 0.3) is 11.0 Å². The molecule has 1 unspecified atom stereocenters. The van der Waals surface area contributed by atoms with Gasteiger partial charge in [-0.15, -0.1) is 0 Å². The maximum absolute atomic E-state index is 11.7. The second-order valence-corrected chi connectivity index (χ2v) is 7.98. The Labute approximate surface area is 125 Å². The Morgan fingerprint density at radius 3 is 2.86 bits per heavy atom. The quantitative estimate of drug-likeness (QED) is 0.934. The molecule has 0 spiro atoms. The first-order valence-electron chi connectivity index (χ1n) is 7.43. The molecule has 1 aliphatic rings. The molecule has 114 valence electrons. The smallest absolute Gasteiger partial charge is 0.151 e. The lowest BCUT2D eigenvalue weighted by Crippen LogP contribution is -2.11. The number of sulfone groups is 1. The van der Waals surface area contributed by atoms with Crippen molar-refractivity contribution in [2.24, 2.45) is 5.73 Å².